The Morgan fingerprint density at radius 2 is 2.06 bits per heavy atom. The van der Waals surface area contributed by atoms with E-state index in [0.29, 0.717) is 6.54 Å². The van der Waals surface area contributed by atoms with Crippen LogP contribution in [0.4, 0.5) is 0 Å². The van der Waals surface area contributed by atoms with E-state index in [1.54, 1.807) is 0 Å². The summed E-state index contributed by atoms with van der Waals surface area (Å²) in [7, 11) is 0. The van der Waals surface area contributed by atoms with E-state index in [1.165, 1.54) is 19.3 Å². The lowest BCUT2D eigenvalue weighted by Crippen LogP contribution is -2.32. The van der Waals surface area contributed by atoms with Gasteiger partial charge in [-0.1, -0.05) is 36.8 Å². The summed E-state index contributed by atoms with van der Waals surface area (Å²) >= 11 is 0. The molecule has 0 heterocycles. The van der Waals surface area contributed by atoms with Crippen molar-refractivity contribution in [2.24, 2.45) is 5.92 Å². The molecule has 1 saturated carbocycles. The number of aliphatic carboxylic acids is 1. The van der Waals surface area contributed by atoms with Gasteiger partial charge in [-0.3, -0.25) is 4.79 Å². The molecule has 0 aliphatic heterocycles. The predicted octanol–water partition coefficient (Wildman–Crippen LogP) is 2.24. The third-order valence-electron chi connectivity index (χ3n) is 3.51. The fourth-order valence-corrected chi connectivity index (χ4v) is 2.16. The van der Waals surface area contributed by atoms with Crippen molar-refractivity contribution in [1.29, 1.82) is 0 Å². The van der Waals surface area contributed by atoms with Crippen molar-refractivity contribution in [1.82, 2.24) is 5.32 Å². The van der Waals surface area contributed by atoms with Gasteiger partial charge in [0.25, 0.3) is 0 Å². The van der Waals surface area contributed by atoms with E-state index >= 15 is 0 Å². The van der Waals surface area contributed by atoms with Gasteiger partial charge in [-0.25, -0.2) is 0 Å². The Kier molecular flexibility index (Phi) is 4.15. The highest BCUT2D eigenvalue weighted by atomic mass is 16.4. The van der Waals surface area contributed by atoms with Crippen LogP contribution in [-0.4, -0.2) is 24.2 Å². The van der Waals surface area contributed by atoms with Gasteiger partial charge in [-0.2, -0.15) is 0 Å². The fraction of sp³-hybridized carbons (Fsp3) is 0.500. The zero-order valence-corrected chi connectivity index (χ0v) is 9.93. The van der Waals surface area contributed by atoms with Crippen LogP contribution in [0.1, 0.15) is 30.7 Å². The summed E-state index contributed by atoms with van der Waals surface area (Å²) in [5.74, 6) is -0.422. The van der Waals surface area contributed by atoms with E-state index < -0.39 is 11.9 Å². The summed E-state index contributed by atoms with van der Waals surface area (Å²) < 4.78 is 0. The molecule has 1 aromatic carbocycles. The van der Waals surface area contributed by atoms with Crippen LogP contribution in [0.15, 0.2) is 30.3 Å². The average Bonchev–Trinajstić information content (AvgIpc) is 2.27. The van der Waals surface area contributed by atoms with Crippen molar-refractivity contribution in [2.75, 3.05) is 13.1 Å². The highest BCUT2D eigenvalue weighted by molar-refractivity contribution is 5.76. The van der Waals surface area contributed by atoms with E-state index in [0.717, 1.165) is 18.0 Å². The Hall–Kier alpha value is -1.35. The molecular weight excluding hydrogens is 214 g/mol. The molecule has 2 rings (SSSR count). The first-order chi connectivity index (χ1) is 8.27. The Bertz CT molecular complexity index is 360. The van der Waals surface area contributed by atoms with Crippen molar-refractivity contribution in [3.05, 3.63) is 35.9 Å². The summed E-state index contributed by atoms with van der Waals surface area (Å²) in [5.41, 5.74) is 0.876. The molecule has 1 fully saturated rings. The number of carbonyl (C=O) groups is 1. The maximum absolute atomic E-state index is 11.2. The maximum Gasteiger partial charge on any atom is 0.312 e. The molecule has 2 N–H and O–H groups in total. The van der Waals surface area contributed by atoms with Gasteiger partial charge in [0, 0.05) is 6.54 Å². The van der Waals surface area contributed by atoms with Gasteiger partial charge in [0.2, 0.25) is 0 Å². The van der Waals surface area contributed by atoms with Crippen LogP contribution < -0.4 is 5.32 Å². The Morgan fingerprint density at radius 1 is 1.35 bits per heavy atom. The second-order valence-corrected chi connectivity index (χ2v) is 4.76. The van der Waals surface area contributed by atoms with Gasteiger partial charge in [-0.15, -0.1) is 0 Å². The zero-order chi connectivity index (χ0) is 12.1. The molecular formula is C14H19NO2. The summed E-state index contributed by atoms with van der Waals surface area (Å²) in [6.45, 7) is 1.48. The third kappa shape index (κ3) is 3.30. The molecule has 0 spiro atoms. The van der Waals surface area contributed by atoms with Gasteiger partial charge < -0.3 is 10.4 Å². The van der Waals surface area contributed by atoms with Crippen molar-refractivity contribution in [3.8, 4) is 0 Å². The number of nitrogens with one attached hydrogen (secondary N) is 1. The fourth-order valence-electron chi connectivity index (χ4n) is 2.16. The molecule has 1 unspecified atom stereocenters. The quantitative estimate of drug-likeness (QED) is 0.792. The van der Waals surface area contributed by atoms with Crippen molar-refractivity contribution < 1.29 is 9.90 Å². The van der Waals surface area contributed by atoms with E-state index in [1.807, 2.05) is 30.3 Å². The average molecular weight is 233 g/mol. The largest absolute Gasteiger partial charge is 0.481 e. The summed E-state index contributed by atoms with van der Waals surface area (Å²) in [4.78, 5) is 11.2. The van der Waals surface area contributed by atoms with E-state index in [4.69, 9.17) is 0 Å². The number of carboxylic acid groups (broad SMARTS) is 1. The molecule has 0 saturated heterocycles. The summed E-state index contributed by atoms with van der Waals surface area (Å²) in [5, 5.41) is 12.5. The van der Waals surface area contributed by atoms with Gasteiger partial charge in [0.15, 0.2) is 0 Å². The van der Waals surface area contributed by atoms with Crippen LogP contribution in [0.5, 0.6) is 0 Å². The number of benzene rings is 1. The molecule has 0 amide bonds. The summed E-state index contributed by atoms with van der Waals surface area (Å²) in [6.07, 6.45) is 3.90. The monoisotopic (exact) mass is 233 g/mol. The molecule has 3 heteroatoms. The van der Waals surface area contributed by atoms with Crippen LogP contribution in [0.25, 0.3) is 0 Å². The molecule has 1 aromatic rings. The molecule has 0 bridgehead atoms. The van der Waals surface area contributed by atoms with Gasteiger partial charge in [0.1, 0.15) is 0 Å². The molecule has 1 atom stereocenters. The van der Waals surface area contributed by atoms with Crippen LogP contribution >= 0.6 is 0 Å². The van der Waals surface area contributed by atoms with Gasteiger partial charge >= 0.3 is 5.97 Å². The topological polar surface area (TPSA) is 49.3 Å². The SMILES string of the molecule is O=C(O)C(CNCC1CCC1)c1ccccc1. The minimum absolute atomic E-state index is 0.434. The minimum atomic E-state index is -0.752. The molecule has 1 aliphatic rings. The standard InChI is InChI=1S/C14H19NO2/c16-14(17)13(12-7-2-1-3-8-12)10-15-9-11-5-4-6-11/h1-3,7-8,11,13,15H,4-6,9-10H2,(H,16,17). The highest BCUT2D eigenvalue weighted by Gasteiger charge is 2.21. The lowest BCUT2D eigenvalue weighted by Gasteiger charge is -2.26. The second-order valence-electron chi connectivity index (χ2n) is 4.76. The Balaban J connectivity index is 1.86. The van der Waals surface area contributed by atoms with E-state index in [2.05, 4.69) is 5.32 Å². The van der Waals surface area contributed by atoms with Crippen LogP contribution in [0, 0.1) is 5.92 Å². The Morgan fingerprint density at radius 3 is 2.59 bits per heavy atom. The van der Waals surface area contributed by atoms with Crippen LogP contribution in [0.3, 0.4) is 0 Å². The van der Waals surface area contributed by atoms with Gasteiger partial charge in [0.05, 0.1) is 5.92 Å². The molecule has 1 aliphatic carbocycles. The van der Waals surface area contributed by atoms with Crippen LogP contribution in [-0.2, 0) is 4.79 Å². The molecule has 3 nitrogen and oxygen atoms in total. The molecule has 92 valence electrons. The predicted molar refractivity (Wildman–Crippen MR) is 67.0 cm³/mol. The van der Waals surface area contributed by atoms with Crippen molar-refractivity contribution in [2.45, 2.75) is 25.2 Å². The molecule has 0 radical (unpaired) electrons. The lowest BCUT2D eigenvalue weighted by atomic mass is 9.85. The molecule has 17 heavy (non-hydrogen) atoms. The number of hydrogen-bond donors (Lipinski definition) is 2. The lowest BCUT2D eigenvalue weighted by molar-refractivity contribution is -0.138. The van der Waals surface area contributed by atoms with E-state index in [-0.39, 0.29) is 0 Å². The number of carboxylic acids is 1. The number of rotatable bonds is 6. The third-order valence-corrected chi connectivity index (χ3v) is 3.51. The summed E-state index contributed by atoms with van der Waals surface area (Å²) in [6, 6.07) is 9.44. The number of hydrogen-bond acceptors (Lipinski definition) is 2. The Labute approximate surface area is 102 Å². The molecule has 0 aromatic heterocycles. The smallest absolute Gasteiger partial charge is 0.312 e. The first kappa shape index (κ1) is 12.1. The normalized spacial score (nSPS) is 17.4. The van der Waals surface area contributed by atoms with Crippen LogP contribution in [0.2, 0.25) is 0 Å². The minimum Gasteiger partial charge on any atom is -0.481 e. The maximum atomic E-state index is 11.2. The zero-order valence-electron chi connectivity index (χ0n) is 9.93. The highest BCUT2D eigenvalue weighted by Crippen LogP contribution is 2.25. The van der Waals surface area contributed by atoms with Gasteiger partial charge in [-0.05, 0) is 30.9 Å². The van der Waals surface area contributed by atoms with Crippen molar-refractivity contribution >= 4 is 5.97 Å². The van der Waals surface area contributed by atoms with Crippen molar-refractivity contribution in [3.63, 3.8) is 0 Å². The van der Waals surface area contributed by atoms with E-state index in [9.17, 15) is 9.90 Å². The second kappa shape index (κ2) is 5.82. The first-order valence-corrected chi connectivity index (χ1v) is 6.26. The first-order valence-electron chi connectivity index (χ1n) is 6.26.